The maximum atomic E-state index is 12.6. The Kier molecular flexibility index (Phi) is 3.12. The molecule has 0 spiro atoms. The minimum atomic E-state index is -0.202. The molecule has 0 amide bonds. The molecule has 2 heterocycles. The number of halogens is 1. The minimum Gasteiger partial charge on any atom is -0.496 e. The first kappa shape index (κ1) is 12.6. The highest BCUT2D eigenvalue weighted by atomic mass is 35.5. The van der Waals surface area contributed by atoms with E-state index in [4.69, 9.17) is 16.3 Å². The Morgan fingerprint density at radius 1 is 1.30 bits per heavy atom. The van der Waals surface area contributed by atoms with Gasteiger partial charge >= 0.3 is 0 Å². The Labute approximate surface area is 119 Å². The Morgan fingerprint density at radius 3 is 2.95 bits per heavy atom. The molecule has 0 saturated heterocycles. The number of nitrogens with zero attached hydrogens (tertiary/aromatic N) is 3. The number of hydrogen-bond acceptors (Lipinski definition) is 4. The molecule has 3 rings (SSSR count). The average molecular weight is 288 g/mol. The van der Waals surface area contributed by atoms with Crippen molar-refractivity contribution in [3.8, 4) is 5.75 Å². The number of fused-ring (bicyclic) bond motifs is 1. The van der Waals surface area contributed by atoms with Crippen LogP contribution in [-0.2, 0) is 0 Å². The van der Waals surface area contributed by atoms with Crippen molar-refractivity contribution in [1.82, 2.24) is 14.6 Å². The fourth-order valence-electron chi connectivity index (χ4n) is 2.01. The highest BCUT2D eigenvalue weighted by Gasteiger charge is 2.19. The largest absolute Gasteiger partial charge is 0.496 e. The quantitative estimate of drug-likeness (QED) is 0.695. The fraction of sp³-hybridized carbons (Fsp3) is 0.0714. The van der Waals surface area contributed by atoms with E-state index in [1.54, 1.807) is 41.3 Å². The molecule has 1 aromatic carbocycles. The summed E-state index contributed by atoms with van der Waals surface area (Å²) in [6.07, 6.45) is 6.40. The highest BCUT2D eigenvalue weighted by molar-refractivity contribution is 6.31. The van der Waals surface area contributed by atoms with Crippen molar-refractivity contribution in [2.45, 2.75) is 0 Å². The van der Waals surface area contributed by atoms with Gasteiger partial charge in [0.2, 0.25) is 5.78 Å². The van der Waals surface area contributed by atoms with E-state index in [9.17, 15) is 4.79 Å². The molecule has 0 fully saturated rings. The van der Waals surface area contributed by atoms with Gasteiger partial charge in [-0.3, -0.25) is 9.78 Å². The summed E-state index contributed by atoms with van der Waals surface area (Å²) < 4.78 is 6.80. The Balaban J connectivity index is 2.15. The van der Waals surface area contributed by atoms with Crippen LogP contribution in [0.1, 0.15) is 15.9 Å². The van der Waals surface area contributed by atoms with Gasteiger partial charge in [0.1, 0.15) is 5.75 Å². The number of carbonyl (C=O) groups is 1. The lowest BCUT2D eigenvalue weighted by molar-refractivity contribution is 0.103. The summed E-state index contributed by atoms with van der Waals surface area (Å²) in [6.45, 7) is 0. The molecule has 6 heteroatoms. The van der Waals surface area contributed by atoms with E-state index in [2.05, 4.69) is 10.1 Å². The topological polar surface area (TPSA) is 56.5 Å². The second kappa shape index (κ2) is 4.94. The van der Waals surface area contributed by atoms with Gasteiger partial charge in [0, 0.05) is 17.4 Å². The number of methoxy groups -OCH3 is 1. The van der Waals surface area contributed by atoms with E-state index in [0.29, 0.717) is 27.4 Å². The summed E-state index contributed by atoms with van der Waals surface area (Å²) in [4.78, 5) is 16.6. The van der Waals surface area contributed by atoms with Crippen LogP contribution in [0.5, 0.6) is 5.75 Å². The van der Waals surface area contributed by atoms with Crippen molar-refractivity contribution in [2.75, 3.05) is 7.11 Å². The van der Waals surface area contributed by atoms with Crippen LogP contribution in [0.15, 0.2) is 43.0 Å². The summed E-state index contributed by atoms with van der Waals surface area (Å²) in [5, 5.41) is 4.60. The first-order valence-corrected chi connectivity index (χ1v) is 6.24. The smallest absolute Gasteiger partial charge is 0.200 e. The van der Waals surface area contributed by atoms with Gasteiger partial charge in [-0.05, 0) is 18.2 Å². The number of rotatable bonds is 3. The molecule has 2 aromatic heterocycles. The maximum absolute atomic E-state index is 12.6. The van der Waals surface area contributed by atoms with Gasteiger partial charge in [-0.15, -0.1) is 0 Å². The van der Waals surface area contributed by atoms with E-state index < -0.39 is 0 Å². The molecule has 0 N–H and O–H groups in total. The van der Waals surface area contributed by atoms with Gasteiger partial charge in [0.25, 0.3) is 0 Å². The van der Waals surface area contributed by atoms with Crippen molar-refractivity contribution >= 4 is 22.9 Å². The molecule has 0 unspecified atom stereocenters. The van der Waals surface area contributed by atoms with Gasteiger partial charge in [-0.25, -0.2) is 4.52 Å². The molecule has 20 heavy (non-hydrogen) atoms. The number of benzene rings is 1. The molecule has 0 aliphatic heterocycles. The number of hydrogen-bond donors (Lipinski definition) is 0. The summed E-state index contributed by atoms with van der Waals surface area (Å²) in [6, 6.07) is 4.93. The average Bonchev–Trinajstić information content (AvgIpc) is 2.90. The van der Waals surface area contributed by atoms with Crippen LogP contribution < -0.4 is 4.74 Å². The predicted molar refractivity (Wildman–Crippen MR) is 74.4 cm³/mol. The van der Waals surface area contributed by atoms with Crippen molar-refractivity contribution < 1.29 is 9.53 Å². The zero-order chi connectivity index (χ0) is 14.1. The van der Waals surface area contributed by atoms with E-state index in [0.717, 1.165) is 0 Å². The van der Waals surface area contributed by atoms with Gasteiger partial charge in [0.05, 0.1) is 36.1 Å². The molecule has 100 valence electrons. The Hall–Kier alpha value is -2.40. The molecule has 0 bridgehead atoms. The maximum Gasteiger partial charge on any atom is 0.200 e. The van der Waals surface area contributed by atoms with Gasteiger partial charge in [-0.1, -0.05) is 11.6 Å². The van der Waals surface area contributed by atoms with Crippen LogP contribution in [0.25, 0.3) is 5.52 Å². The lowest BCUT2D eigenvalue weighted by Gasteiger charge is -2.07. The third-order valence-corrected chi connectivity index (χ3v) is 3.21. The van der Waals surface area contributed by atoms with Crippen LogP contribution in [0.2, 0.25) is 5.02 Å². The SMILES string of the molecule is COc1ccc(Cl)cc1C(=O)c1cnn2ccncc12. The van der Waals surface area contributed by atoms with Crippen molar-refractivity contribution in [3.05, 3.63) is 59.1 Å². The number of carbonyl (C=O) groups excluding carboxylic acids is 1. The van der Waals surface area contributed by atoms with E-state index in [-0.39, 0.29) is 5.78 Å². The Bertz CT molecular complexity index is 798. The molecule has 5 nitrogen and oxygen atoms in total. The third-order valence-electron chi connectivity index (χ3n) is 2.98. The van der Waals surface area contributed by atoms with Crippen molar-refractivity contribution in [2.24, 2.45) is 0 Å². The van der Waals surface area contributed by atoms with Gasteiger partial charge in [-0.2, -0.15) is 5.10 Å². The lowest BCUT2D eigenvalue weighted by Crippen LogP contribution is -2.04. The normalized spacial score (nSPS) is 10.7. The summed E-state index contributed by atoms with van der Waals surface area (Å²) >= 11 is 5.96. The minimum absolute atomic E-state index is 0.202. The van der Waals surface area contributed by atoms with E-state index in [1.807, 2.05) is 0 Å². The molecule has 0 aliphatic carbocycles. The molecular weight excluding hydrogens is 278 g/mol. The van der Waals surface area contributed by atoms with E-state index in [1.165, 1.54) is 13.3 Å². The molecule has 0 aliphatic rings. The zero-order valence-corrected chi connectivity index (χ0v) is 11.3. The first-order chi connectivity index (χ1) is 9.70. The highest BCUT2D eigenvalue weighted by Crippen LogP contribution is 2.26. The standard InChI is InChI=1S/C14H10ClN3O2/c1-20-13-3-2-9(15)6-10(13)14(19)11-7-17-18-5-4-16-8-12(11)18/h2-8H,1H3. The summed E-state index contributed by atoms with van der Waals surface area (Å²) in [5.74, 6) is 0.273. The van der Waals surface area contributed by atoms with E-state index >= 15 is 0 Å². The summed E-state index contributed by atoms with van der Waals surface area (Å²) in [7, 11) is 1.51. The number of aromatic nitrogens is 3. The second-order valence-electron chi connectivity index (χ2n) is 4.14. The first-order valence-electron chi connectivity index (χ1n) is 5.86. The lowest BCUT2D eigenvalue weighted by atomic mass is 10.0. The second-order valence-corrected chi connectivity index (χ2v) is 4.57. The van der Waals surface area contributed by atoms with Crippen LogP contribution in [-0.4, -0.2) is 27.5 Å². The molecule has 0 saturated carbocycles. The third kappa shape index (κ3) is 2.02. The number of ether oxygens (including phenoxy) is 1. The van der Waals surface area contributed by atoms with Crippen LogP contribution in [0, 0.1) is 0 Å². The Morgan fingerprint density at radius 2 is 2.15 bits per heavy atom. The fourth-order valence-corrected chi connectivity index (χ4v) is 2.18. The predicted octanol–water partition coefficient (Wildman–Crippen LogP) is 2.62. The molecular formula is C14H10ClN3O2. The van der Waals surface area contributed by atoms with Gasteiger partial charge < -0.3 is 4.74 Å². The number of ketones is 1. The van der Waals surface area contributed by atoms with Crippen molar-refractivity contribution in [1.29, 1.82) is 0 Å². The monoisotopic (exact) mass is 287 g/mol. The molecule has 0 radical (unpaired) electrons. The van der Waals surface area contributed by atoms with Crippen LogP contribution in [0.3, 0.4) is 0 Å². The van der Waals surface area contributed by atoms with Gasteiger partial charge in [0.15, 0.2) is 0 Å². The molecule has 3 aromatic rings. The molecule has 0 atom stereocenters. The van der Waals surface area contributed by atoms with Crippen LogP contribution >= 0.6 is 11.6 Å². The van der Waals surface area contributed by atoms with Crippen LogP contribution in [0.4, 0.5) is 0 Å². The summed E-state index contributed by atoms with van der Waals surface area (Å²) in [5.41, 5.74) is 1.50. The van der Waals surface area contributed by atoms with Crippen molar-refractivity contribution in [3.63, 3.8) is 0 Å². The zero-order valence-electron chi connectivity index (χ0n) is 10.6.